The first-order valence-corrected chi connectivity index (χ1v) is 9.03. The van der Waals surface area contributed by atoms with Gasteiger partial charge in [-0.3, -0.25) is 4.79 Å². The summed E-state index contributed by atoms with van der Waals surface area (Å²) in [6.45, 7) is 2.09. The Hall–Kier alpha value is -2.21. The first-order valence-electron chi connectivity index (χ1n) is 8.24. The minimum atomic E-state index is -0.0208. The van der Waals surface area contributed by atoms with Crippen LogP contribution in [0.2, 0.25) is 0 Å². The Morgan fingerprint density at radius 1 is 1.12 bits per heavy atom. The predicted octanol–water partition coefficient (Wildman–Crippen LogP) is 3.35. The number of hydrogen-bond donors (Lipinski definition) is 1. The van der Waals surface area contributed by atoms with Gasteiger partial charge in [0.15, 0.2) is 11.5 Å². The maximum Gasteiger partial charge on any atom is 0.223 e. The van der Waals surface area contributed by atoms with Crippen LogP contribution in [0, 0.1) is 0 Å². The molecule has 132 valence electrons. The van der Waals surface area contributed by atoms with Crippen molar-refractivity contribution in [3.8, 4) is 17.2 Å². The molecule has 0 aromatic heterocycles. The molecule has 0 unspecified atom stereocenters. The molecule has 1 heterocycles. The Kier molecular flexibility index (Phi) is 6.17. The van der Waals surface area contributed by atoms with Crippen LogP contribution < -0.4 is 19.5 Å². The lowest BCUT2D eigenvalue weighted by molar-refractivity contribution is -0.121. The molecule has 5 nitrogen and oxygen atoms in total. The first kappa shape index (κ1) is 17.6. The van der Waals surface area contributed by atoms with Gasteiger partial charge >= 0.3 is 0 Å². The molecule has 25 heavy (non-hydrogen) atoms. The molecule has 0 atom stereocenters. The lowest BCUT2D eigenvalue weighted by Gasteiger charge is -2.18. The van der Waals surface area contributed by atoms with E-state index in [-0.39, 0.29) is 5.91 Å². The van der Waals surface area contributed by atoms with Gasteiger partial charge in [0.2, 0.25) is 5.91 Å². The Bertz CT molecular complexity index is 735. The topological polar surface area (TPSA) is 56.8 Å². The second-order valence-corrected chi connectivity index (χ2v) is 6.55. The summed E-state index contributed by atoms with van der Waals surface area (Å²) >= 11 is 3.39. The van der Waals surface area contributed by atoms with Crippen molar-refractivity contribution < 1.29 is 19.0 Å². The van der Waals surface area contributed by atoms with Gasteiger partial charge < -0.3 is 19.5 Å². The van der Waals surface area contributed by atoms with Crippen molar-refractivity contribution in [2.24, 2.45) is 0 Å². The third kappa shape index (κ3) is 5.39. The minimum absolute atomic E-state index is 0.0208. The van der Waals surface area contributed by atoms with Crippen LogP contribution >= 0.6 is 15.9 Å². The molecule has 0 bridgehead atoms. The average molecular weight is 406 g/mol. The van der Waals surface area contributed by atoms with Crippen molar-refractivity contribution in [2.45, 2.75) is 12.8 Å². The number of carbonyl (C=O) groups is 1. The highest BCUT2D eigenvalue weighted by Gasteiger charge is 2.11. The largest absolute Gasteiger partial charge is 0.493 e. The van der Waals surface area contributed by atoms with Gasteiger partial charge in [-0.25, -0.2) is 0 Å². The molecule has 2 aromatic carbocycles. The van der Waals surface area contributed by atoms with E-state index in [1.54, 1.807) is 0 Å². The molecule has 1 aliphatic heterocycles. The summed E-state index contributed by atoms with van der Waals surface area (Å²) < 4.78 is 17.6. The lowest BCUT2D eigenvalue weighted by Crippen LogP contribution is -2.27. The maximum absolute atomic E-state index is 11.9. The van der Waals surface area contributed by atoms with Crippen LogP contribution in [-0.2, 0) is 11.2 Å². The molecule has 0 spiro atoms. The number of fused-ring (bicyclic) bond motifs is 1. The second-order valence-electron chi connectivity index (χ2n) is 5.63. The highest BCUT2D eigenvalue weighted by atomic mass is 79.9. The first-order chi connectivity index (χ1) is 12.2. The van der Waals surface area contributed by atoms with Gasteiger partial charge in [0.05, 0.1) is 13.0 Å². The van der Waals surface area contributed by atoms with Crippen LogP contribution in [0.4, 0.5) is 0 Å². The summed E-state index contributed by atoms with van der Waals surface area (Å²) in [5.41, 5.74) is 1.11. The summed E-state index contributed by atoms with van der Waals surface area (Å²) in [6, 6.07) is 13.4. The Labute approximate surface area is 155 Å². The molecule has 0 saturated carbocycles. The zero-order chi connectivity index (χ0) is 17.5. The molecule has 0 aliphatic carbocycles. The third-order valence-corrected chi connectivity index (χ3v) is 4.23. The number of amides is 1. The standard InChI is InChI=1S/C19H20BrNO4/c20-15-2-1-3-16(13-15)23-9-7-19(22)21-8-6-14-4-5-17-18(12-14)25-11-10-24-17/h1-5,12-13H,6-11H2,(H,21,22). The lowest BCUT2D eigenvalue weighted by atomic mass is 10.1. The molecule has 1 N–H and O–H groups in total. The van der Waals surface area contributed by atoms with Crippen molar-refractivity contribution in [1.29, 1.82) is 0 Å². The molecule has 1 amide bonds. The van der Waals surface area contributed by atoms with E-state index in [2.05, 4.69) is 21.2 Å². The third-order valence-electron chi connectivity index (χ3n) is 3.74. The summed E-state index contributed by atoms with van der Waals surface area (Å²) in [7, 11) is 0. The van der Waals surface area contributed by atoms with Crippen LogP contribution in [-0.4, -0.2) is 32.3 Å². The van der Waals surface area contributed by atoms with Crippen LogP contribution in [0.25, 0.3) is 0 Å². The van der Waals surface area contributed by atoms with Gasteiger partial charge in [0.25, 0.3) is 0 Å². The number of carbonyl (C=O) groups excluding carboxylic acids is 1. The Morgan fingerprint density at radius 2 is 1.96 bits per heavy atom. The summed E-state index contributed by atoms with van der Waals surface area (Å²) in [5.74, 6) is 2.28. The molecular weight excluding hydrogens is 386 g/mol. The zero-order valence-electron chi connectivity index (χ0n) is 13.8. The Morgan fingerprint density at radius 3 is 2.80 bits per heavy atom. The van der Waals surface area contributed by atoms with Crippen LogP contribution in [0.5, 0.6) is 17.2 Å². The number of hydrogen-bond acceptors (Lipinski definition) is 4. The van der Waals surface area contributed by atoms with Crippen LogP contribution in [0.3, 0.4) is 0 Å². The number of nitrogens with one attached hydrogen (secondary N) is 1. The monoisotopic (exact) mass is 405 g/mol. The maximum atomic E-state index is 11.9. The predicted molar refractivity (Wildman–Crippen MR) is 98.4 cm³/mol. The van der Waals surface area contributed by atoms with E-state index >= 15 is 0 Å². The van der Waals surface area contributed by atoms with E-state index in [1.807, 2.05) is 42.5 Å². The molecular formula is C19H20BrNO4. The second kappa shape index (κ2) is 8.76. The van der Waals surface area contributed by atoms with Gasteiger partial charge in [-0.2, -0.15) is 0 Å². The molecule has 2 aromatic rings. The van der Waals surface area contributed by atoms with Crippen molar-refractivity contribution in [1.82, 2.24) is 5.32 Å². The van der Waals surface area contributed by atoms with Crippen LogP contribution in [0.1, 0.15) is 12.0 Å². The van der Waals surface area contributed by atoms with Gasteiger partial charge in [-0.1, -0.05) is 28.1 Å². The highest BCUT2D eigenvalue weighted by Crippen LogP contribution is 2.30. The average Bonchev–Trinajstić information content (AvgIpc) is 2.62. The molecule has 3 rings (SSSR count). The molecule has 0 saturated heterocycles. The van der Waals surface area contributed by atoms with Gasteiger partial charge in [-0.15, -0.1) is 0 Å². The van der Waals surface area contributed by atoms with Crippen molar-refractivity contribution in [2.75, 3.05) is 26.4 Å². The fourth-order valence-electron chi connectivity index (χ4n) is 2.50. The summed E-state index contributed by atoms with van der Waals surface area (Å²) in [4.78, 5) is 11.9. The number of benzene rings is 2. The fourth-order valence-corrected chi connectivity index (χ4v) is 2.87. The van der Waals surface area contributed by atoms with E-state index in [4.69, 9.17) is 14.2 Å². The van der Waals surface area contributed by atoms with Gasteiger partial charge in [0.1, 0.15) is 19.0 Å². The molecule has 0 radical (unpaired) electrons. The quantitative estimate of drug-likeness (QED) is 0.767. The summed E-state index contributed by atoms with van der Waals surface area (Å²) in [5, 5.41) is 2.91. The van der Waals surface area contributed by atoms with Gasteiger partial charge in [-0.05, 0) is 42.3 Å². The zero-order valence-corrected chi connectivity index (χ0v) is 15.4. The number of ether oxygens (including phenoxy) is 3. The van der Waals surface area contributed by atoms with E-state index < -0.39 is 0 Å². The summed E-state index contributed by atoms with van der Waals surface area (Å²) in [6.07, 6.45) is 1.07. The van der Waals surface area contributed by atoms with E-state index in [1.165, 1.54) is 0 Å². The van der Waals surface area contributed by atoms with Crippen molar-refractivity contribution in [3.05, 3.63) is 52.5 Å². The van der Waals surface area contributed by atoms with Crippen LogP contribution in [0.15, 0.2) is 46.9 Å². The van der Waals surface area contributed by atoms with Crippen molar-refractivity contribution >= 4 is 21.8 Å². The van der Waals surface area contributed by atoms with E-state index in [0.29, 0.717) is 32.8 Å². The SMILES string of the molecule is O=C(CCOc1cccc(Br)c1)NCCc1ccc2c(c1)OCCO2. The number of rotatable bonds is 7. The molecule has 1 aliphatic rings. The van der Waals surface area contributed by atoms with E-state index in [9.17, 15) is 4.79 Å². The normalized spacial score (nSPS) is 12.5. The Balaban J connectivity index is 1.36. The minimum Gasteiger partial charge on any atom is -0.493 e. The van der Waals surface area contributed by atoms with Gasteiger partial charge in [0, 0.05) is 11.0 Å². The molecule has 0 fully saturated rings. The molecule has 6 heteroatoms. The highest BCUT2D eigenvalue weighted by molar-refractivity contribution is 9.10. The number of halogens is 1. The smallest absolute Gasteiger partial charge is 0.223 e. The van der Waals surface area contributed by atoms with E-state index in [0.717, 1.165) is 33.7 Å². The van der Waals surface area contributed by atoms with Crippen molar-refractivity contribution in [3.63, 3.8) is 0 Å². The fraction of sp³-hybridized carbons (Fsp3) is 0.316.